The number of hydrogen-bond acceptors (Lipinski definition) is 13. The minimum absolute atomic E-state index is 0.00343. The highest BCUT2D eigenvalue weighted by Crippen LogP contribution is 2.52. The number of aliphatic hydroxyl groups excluding tert-OH is 3. The van der Waals surface area contributed by atoms with Crippen LogP contribution in [0.3, 0.4) is 0 Å². The lowest BCUT2D eigenvalue weighted by Gasteiger charge is -2.44. The van der Waals surface area contributed by atoms with Crippen LogP contribution in [-0.2, 0) is 25.9 Å². The van der Waals surface area contributed by atoms with Gasteiger partial charge in [-0.05, 0) is 19.1 Å². The molecule has 16 heteroatoms. The van der Waals surface area contributed by atoms with Crippen LogP contribution in [0.4, 0.5) is 0 Å². The van der Waals surface area contributed by atoms with Crippen molar-refractivity contribution in [2.75, 3.05) is 6.61 Å². The summed E-state index contributed by atoms with van der Waals surface area (Å²) < 4.78 is 36.9. The van der Waals surface area contributed by atoms with E-state index >= 15 is 0 Å². The van der Waals surface area contributed by atoms with Gasteiger partial charge in [-0.2, -0.15) is 18.4 Å². The van der Waals surface area contributed by atoms with Gasteiger partial charge in [0.25, 0.3) is 10.0 Å². The fourth-order valence-electron chi connectivity index (χ4n) is 6.34. The summed E-state index contributed by atoms with van der Waals surface area (Å²) in [5.74, 6) is -2.93. The lowest BCUT2D eigenvalue weighted by Crippen LogP contribution is -2.56. The number of nitrogens with one attached hydrogen (secondary N) is 1. The van der Waals surface area contributed by atoms with Gasteiger partial charge in [0, 0.05) is 35.1 Å². The molecule has 3 aromatic rings. The molecule has 1 saturated heterocycles. The first kappa shape index (κ1) is 34.4. The van der Waals surface area contributed by atoms with Crippen molar-refractivity contribution >= 4 is 49.9 Å². The minimum Gasteiger partial charge on any atom is -0.507 e. The van der Waals surface area contributed by atoms with Gasteiger partial charge in [-0.1, -0.05) is 65.1 Å². The van der Waals surface area contributed by atoms with Gasteiger partial charge < -0.3 is 40.1 Å². The zero-order chi connectivity index (χ0) is 34.7. The number of rotatable bonds is 7. The Balaban J connectivity index is 1.49. The van der Waals surface area contributed by atoms with E-state index in [1.54, 1.807) is 34.7 Å². The van der Waals surface area contributed by atoms with E-state index < -0.39 is 110 Å². The third kappa shape index (κ3) is 5.68. The summed E-state index contributed by atoms with van der Waals surface area (Å²) >= 11 is 1.81. The van der Waals surface area contributed by atoms with Gasteiger partial charge in [0.1, 0.15) is 23.2 Å². The number of carbonyl (C=O) groups excluding carboxylic acids is 2. The molecule has 1 aliphatic heterocycles. The molecular formula is C32H31IN2O12S. The number of phenols is 2. The van der Waals surface area contributed by atoms with E-state index in [4.69, 9.17) is 9.47 Å². The fourth-order valence-corrected chi connectivity index (χ4v) is 7.95. The zero-order valence-corrected chi connectivity index (χ0v) is 28.1. The molecule has 7 N–H and O–H groups in total. The minimum atomic E-state index is -4.26. The van der Waals surface area contributed by atoms with Crippen LogP contribution in [0, 0.1) is 0 Å². The number of phenolic OH excluding ortho intramolecular Hbond substituents is 2. The third-order valence-corrected chi connectivity index (χ3v) is 11.4. The molecule has 3 aliphatic rings. The molecular weight excluding hydrogens is 763 g/mol. The van der Waals surface area contributed by atoms with Crippen molar-refractivity contribution in [2.24, 2.45) is 5.10 Å². The standard InChI is InChI=1S/C32H31IN2O12S/c1-14-25(37)30(42)24(33)31(46-14)47-19-12-32(43,20(13-36)34-35-48(44,45)15-7-3-2-4-8-15)11-18-21(19)29(41)23-22(28(18)40)26(38)16-9-5-6-10-17(16)27(23)39/h2-10,14,19,24-25,30-31,35-37,40-43H,11-13H2,1H3/b34-20+/t14-,19+,24-,25-,30+,31+,32+/m1/s1. The maximum absolute atomic E-state index is 13.6. The van der Waals surface area contributed by atoms with E-state index in [1.807, 2.05) is 4.83 Å². The van der Waals surface area contributed by atoms with E-state index in [-0.39, 0.29) is 27.1 Å². The number of hydrogen-bond donors (Lipinski definition) is 7. The largest absolute Gasteiger partial charge is 0.507 e. The maximum atomic E-state index is 13.6. The molecule has 14 nitrogen and oxygen atoms in total. The van der Waals surface area contributed by atoms with E-state index in [0.29, 0.717) is 0 Å². The van der Waals surface area contributed by atoms with Gasteiger partial charge in [0.15, 0.2) is 17.9 Å². The zero-order valence-electron chi connectivity index (χ0n) is 25.1. The Labute approximate surface area is 287 Å². The quantitative estimate of drug-likeness (QED) is 0.0460. The van der Waals surface area contributed by atoms with Crippen molar-refractivity contribution in [3.63, 3.8) is 0 Å². The number of ketones is 2. The number of carbonyl (C=O) groups is 2. The molecule has 254 valence electrons. The maximum Gasteiger partial charge on any atom is 0.276 e. The molecule has 1 heterocycles. The predicted molar refractivity (Wildman–Crippen MR) is 176 cm³/mol. The molecule has 7 atom stereocenters. The molecule has 0 saturated carbocycles. The molecule has 48 heavy (non-hydrogen) atoms. The Morgan fingerprint density at radius 3 is 2.19 bits per heavy atom. The second-order valence-electron chi connectivity index (χ2n) is 11.8. The second-order valence-corrected chi connectivity index (χ2v) is 14.9. The number of sulfonamides is 1. The van der Waals surface area contributed by atoms with Crippen molar-refractivity contribution in [1.29, 1.82) is 0 Å². The number of hydrazone groups is 1. The summed E-state index contributed by atoms with van der Waals surface area (Å²) in [7, 11) is -4.26. The molecule has 3 aromatic carbocycles. The Morgan fingerprint density at radius 1 is 1.00 bits per heavy atom. The number of benzene rings is 3. The molecule has 0 amide bonds. The van der Waals surface area contributed by atoms with Gasteiger partial charge in [0.2, 0.25) is 0 Å². The Morgan fingerprint density at radius 2 is 1.58 bits per heavy atom. The van der Waals surface area contributed by atoms with Gasteiger partial charge in [-0.3, -0.25) is 9.59 Å². The van der Waals surface area contributed by atoms with Gasteiger partial charge in [0.05, 0.1) is 50.6 Å². The Kier molecular flexibility index (Phi) is 9.14. The second kappa shape index (κ2) is 12.8. The van der Waals surface area contributed by atoms with Crippen LogP contribution in [0.1, 0.15) is 62.4 Å². The van der Waals surface area contributed by atoms with E-state index in [9.17, 15) is 48.6 Å². The monoisotopic (exact) mass is 794 g/mol. The Bertz CT molecular complexity index is 1940. The number of fused-ring (bicyclic) bond motifs is 3. The van der Waals surface area contributed by atoms with Crippen LogP contribution in [0.15, 0.2) is 64.6 Å². The average molecular weight is 795 g/mol. The summed E-state index contributed by atoms with van der Waals surface area (Å²) in [4.78, 5) is 29.1. The lowest BCUT2D eigenvalue weighted by molar-refractivity contribution is -0.258. The predicted octanol–water partition coefficient (Wildman–Crippen LogP) is 1.21. The summed E-state index contributed by atoms with van der Waals surface area (Å²) in [6.07, 6.45) is -7.38. The van der Waals surface area contributed by atoms with E-state index in [1.165, 1.54) is 49.4 Å². The highest BCUT2D eigenvalue weighted by atomic mass is 127. The van der Waals surface area contributed by atoms with Crippen LogP contribution in [0.2, 0.25) is 0 Å². The summed E-state index contributed by atoms with van der Waals surface area (Å²) in [5, 5.41) is 70.5. The van der Waals surface area contributed by atoms with Crippen LogP contribution in [0.5, 0.6) is 11.5 Å². The van der Waals surface area contributed by atoms with Crippen molar-refractivity contribution in [1.82, 2.24) is 4.83 Å². The van der Waals surface area contributed by atoms with Gasteiger partial charge >= 0.3 is 0 Å². The lowest BCUT2D eigenvalue weighted by atomic mass is 9.71. The number of aromatic hydroxyl groups is 2. The summed E-state index contributed by atoms with van der Waals surface area (Å²) in [5.41, 5.74) is -4.15. The summed E-state index contributed by atoms with van der Waals surface area (Å²) in [6.45, 7) is 0.518. The van der Waals surface area contributed by atoms with Crippen molar-refractivity contribution in [3.8, 4) is 11.5 Å². The molecule has 1 fully saturated rings. The number of halogens is 1. The van der Waals surface area contributed by atoms with Crippen molar-refractivity contribution in [2.45, 2.75) is 64.9 Å². The smallest absolute Gasteiger partial charge is 0.276 e. The molecule has 0 unspecified atom stereocenters. The number of nitrogens with zero attached hydrogens (tertiary/aromatic N) is 1. The van der Waals surface area contributed by atoms with Crippen molar-refractivity contribution in [3.05, 3.63) is 88.0 Å². The van der Waals surface area contributed by atoms with Crippen LogP contribution in [0.25, 0.3) is 0 Å². The molecule has 0 aromatic heterocycles. The number of ether oxygens (including phenoxy) is 2. The molecule has 6 rings (SSSR count). The molecule has 0 radical (unpaired) electrons. The molecule has 0 spiro atoms. The Hall–Kier alpha value is -3.49. The topological polar surface area (TPSA) is 233 Å². The number of alkyl halides is 1. The van der Waals surface area contributed by atoms with Crippen molar-refractivity contribution < 1.29 is 58.1 Å². The van der Waals surface area contributed by atoms with Crippen LogP contribution < -0.4 is 4.83 Å². The first-order chi connectivity index (χ1) is 22.7. The third-order valence-electron chi connectivity index (χ3n) is 8.88. The first-order valence-corrected chi connectivity index (χ1v) is 17.5. The highest BCUT2D eigenvalue weighted by molar-refractivity contribution is 14.1. The highest BCUT2D eigenvalue weighted by Gasteiger charge is 2.50. The number of aliphatic hydroxyl groups is 4. The fraction of sp³-hybridized carbons (Fsp3) is 0.344. The summed E-state index contributed by atoms with van der Waals surface area (Å²) in [6, 6.07) is 13.1. The van der Waals surface area contributed by atoms with E-state index in [0.717, 1.165) is 0 Å². The molecule has 0 bridgehead atoms. The van der Waals surface area contributed by atoms with E-state index in [2.05, 4.69) is 5.10 Å². The average Bonchev–Trinajstić information content (AvgIpc) is 3.07. The van der Waals surface area contributed by atoms with Crippen LogP contribution in [-0.4, -0.2) is 97.1 Å². The van der Waals surface area contributed by atoms with Gasteiger partial charge in [-0.25, -0.2) is 0 Å². The first-order valence-electron chi connectivity index (χ1n) is 14.8. The normalized spacial score (nSPS) is 28.8. The van der Waals surface area contributed by atoms with Gasteiger partial charge in [-0.15, -0.1) is 0 Å². The molecule has 2 aliphatic carbocycles. The van der Waals surface area contributed by atoms with Crippen LogP contribution >= 0.6 is 22.6 Å². The SMILES string of the molecule is C[C@H]1O[C@@H](O[C@H]2C[C@](O)(/C(CO)=N/NS(=O)(=O)c3ccccc3)Cc3c(O)c4c(c(O)c32)C(=O)c2ccccc2C4=O)[C@H](I)[C@H](O)[C@@H]1O.